The largest absolute Gasteiger partial charge is 0.158 e. The minimum atomic E-state index is -0.362. The van der Waals surface area contributed by atoms with E-state index in [0.717, 1.165) is 0 Å². The average molecular weight is 288 g/mol. The van der Waals surface area contributed by atoms with Gasteiger partial charge in [-0.25, -0.2) is 0 Å². The molecule has 0 saturated heterocycles. The molecule has 0 heterocycles. The second-order valence-electron chi connectivity index (χ2n) is 5.67. The van der Waals surface area contributed by atoms with Crippen LogP contribution < -0.4 is 0 Å². The Kier molecular flexibility index (Phi) is 2.73. The molecular weight excluding hydrogens is 272 g/mol. The molecule has 0 amide bonds. The van der Waals surface area contributed by atoms with Crippen LogP contribution >= 0.6 is 12.6 Å². The number of thiol groups is 1. The first kappa shape index (κ1) is 12.7. The van der Waals surface area contributed by atoms with Gasteiger partial charge in [0.25, 0.3) is 0 Å². The van der Waals surface area contributed by atoms with Crippen molar-refractivity contribution in [3.8, 4) is 11.1 Å². The number of fused-ring (bicyclic) bond motifs is 3. The third-order valence-corrected chi connectivity index (χ3v) is 5.10. The molecule has 0 saturated carbocycles. The van der Waals surface area contributed by atoms with Gasteiger partial charge in [-0.2, -0.15) is 12.6 Å². The Hall–Kier alpha value is -1.99. The Morgan fingerprint density at radius 3 is 1.86 bits per heavy atom. The summed E-state index contributed by atoms with van der Waals surface area (Å²) in [5, 5.41) is 0. The maximum Gasteiger partial charge on any atom is 0.0890 e. The van der Waals surface area contributed by atoms with Gasteiger partial charge < -0.3 is 0 Å². The first-order valence-electron chi connectivity index (χ1n) is 7.20. The second kappa shape index (κ2) is 4.51. The standard InChI is InChI=1S/C20H16S/c1-14-7-6-8-15(13-14)20(21)18-11-4-2-9-16(18)17-10-3-5-12-19(17)20/h2-13,21H,1H3. The van der Waals surface area contributed by atoms with E-state index in [2.05, 4.69) is 79.7 Å². The molecule has 1 aliphatic rings. The highest BCUT2D eigenvalue weighted by atomic mass is 32.1. The summed E-state index contributed by atoms with van der Waals surface area (Å²) in [5.74, 6) is 0. The van der Waals surface area contributed by atoms with Gasteiger partial charge in [-0.15, -0.1) is 0 Å². The van der Waals surface area contributed by atoms with Crippen molar-refractivity contribution in [3.63, 3.8) is 0 Å². The lowest BCUT2D eigenvalue weighted by Crippen LogP contribution is -2.19. The Balaban J connectivity index is 2.09. The van der Waals surface area contributed by atoms with Gasteiger partial charge in [0, 0.05) is 0 Å². The van der Waals surface area contributed by atoms with Gasteiger partial charge in [0.15, 0.2) is 0 Å². The molecule has 0 aliphatic heterocycles. The average Bonchev–Trinajstić information content (AvgIpc) is 2.79. The summed E-state index contributed by atoms with van der Waals surface area (Å²) >= 11 is 5.18. The van der Waals surface area contributed by atoms with Gasteiger partial charge in [-0.1, -0.05) is 78.4 Å². The molecule has 0 spiro atoms. The lowest BCUT2D eigenvalue weighted by atomic mass is 9.87. The molecule has 1 aliphatic carbocycles. The van der Waals surface area contributed by atoms with Crippen molar-refractivity contribution in [2.24, 2.45) is 0 Å². The molecule has 21 heavy (non-hydrogen) atoms. The maximum absolute atomic E-state index is 5.18. The van der Waals surface area contributed by atoms with E-state index >= 15 is 0 Å². The van der Waals surface area contributed by atoms with Crippen molar-refractivity contribution in [2.75, 3.05) is 0 Å². The number of aryl methyl sites for hydroxylation is 1. The van der Waals surface area contributed by atoms with Crippen molar-refractivity contribution >= 4 is 12.6 Å². The quantitative estimate of drug-likeness (QED) is 0.585. The lowest BCUT2D eigenvalue weighted by molar-refractivity contribution is 0.935. The highest BCUT2D eigenvalue weighted by Gasteiger charge is 2.41. The number of hydrogen-bond acceptors (Lipinski definition) is 1. The van der Waals surface area contributed by atoms with Crippen LogP contribution in [0.25, 0.3) is 11.1 Å². The van der Waals surface area contributed by atoms with Crippen LogP contribution in [0.1, 0.15) is 22.3 Å². The minimum Gasteiger partial charge on any atom is -0.158 e. The Morgan fingerprint density at radius 2 is 1.29 bits per heavy atom. The van der Waals surface area contributed by atoms with Gasteiger partial charge in [0.1, 0.15) is 0 Å². The van der Waals surface area contributed by atoms with E-state index in [4.69, 9.17) is 12.6 Å². The van der Waals surface area contributed by atoms with Gasteiger partial charge in [0.2, 0.25) is 0 Å². The van der Waals surface area contributed by atoms with E-state index in [0.29, 0.717) is 0 Å². The van der Waals surface area contributed by atoms with Gasteiger partial charge in [-0.05, 0) is 34.7 Å². The van der Waals surface area contributed by atoms with E-state index in [1.807, 2.05) is 0 Å². The van der Waals surface area contributed by atoms with Crippen LogP contribution in [0, 0.1) is 6.92 Å². The van der Waals surface area contributed by atoms with Crippen LogP contribution in [0.2, 0.25) is 0 Å². The summed E-state index contributed by atoms with van der Waals surface area (Å²) in [6.07, 6.45) is 0. The van der Waals surface area contributed by atoms with E-state index < -0.39 is 0 Å². The molecule has 1 heteroatoms. The number of hydrogen-bond donors (Lipinski definition) is 1. The molecule has 0 N–H and O–H groups in total. The molecule has 4 rings (SSSR count). The van der Waals surface area contributed by atoms with Crippen molar-refractivity contribution in [1.29, 1.82) is 0 Å². The molecule has 0 atom stereocenters. The summed E-state index contributed by atoms with van der Waals surface area (Å²) in [5.41, 5.74) is 7.65. The van der Waals surface area contributed by atoms with Crippen molar-refractivity contribution in [3.05, 3.63) is 95.1 Å². The molecule has 0 aromatic heterocycles. The Labute approximate surface area is 130 Å². The van der Waals surface area contributed by atoms with Crippen molar-refractivity contribution in [1.82, 2.24) is 0 Å². The van der Waals surface area contributed by atoms with Crippen LogP contribution in [-0.4, -0.2) is 0 Å². The third-order valence-electron chi connectivity index (χ3n) is 4.36. The first-order valence-corrected chi connectivity index (χ1v) is 7.65. The van der Waals surface area contributed by atoms with Crippen LogP contribution in [-0.2, 0) is 4.75 Å². The number of benzene rings is 3. The van der Waals surface area contributed by atoms with Crippen LogP contribution in [0.5, 0.6) is 0 Å². The summed E-state index contributed by atoms with van der Waals surface area (Å²) in [6, 6.07) is 25.9. The monoisotopic (exact) mass is 288 g/mol. The molecule has 3 aromatic carbocycles. The van der Waals surface area contributed by atoms with Crippen LogP contribution in [0.4, 0.5) is 0 Å². The summed E-state index contributed by atoms with van der Waals surface area (Å²) in [7, 11) is 0. The highest BCUT2D eigenvalue weighted by Crippen LogP contribution is 2.54. The zero-order valence-corrected chi connectivity index (χ0v) is 12.8. The van der Waals surface area contributed by atoms with Crippen LogP contribution in [0.15, 0.2) is 72.8 Å². The molecule has 0 fully saturated rings. The summed E-state index contributed by atoms with van der Waals surface area (Å²) in [6.45, 7) is 2.13. The maximum atomic E-state index is 5.18. The van der Waals surface area contributed by atoms with E-state index in [-0.39, 0.29) is 4.75 Å². The first-order chi connectivity index (χ1) is 10.2. The molecular formula is C20H16S. The predicted octanol–water partition coefficient (Wildman–Crippen LogP) is 5.20. The van der Waals surface area contributed by atoms with E-state index in [1.54, 1.807) is 0 Å². The Bertz CT molecular complexity index is 787. The second-order valence-corrected chi connectivity index (χ2v) is 6.34. The molecule has 0 radical (unpaired) electrons. The zero-order chi connectivity index (χ0) is 14.4. The fraction of sp³-hybridized carbons (Fsp3) is 0.100. The fourth-order valence-electron chi connectivity index (χ4n) is 3.39. The molecule has 102 valence electrons. The van der Waals surface area contributed by atoms with Gasteiger partial charge >= 0.3 is 0 Å². The molecule has 0 unspecified atom stereocenters. The SMILES string of the molecule is Cc1cccc(C2(S)c3ccccc3-c3ccccc32)c1. The highest BCUT2D eigenvalue weighted by molar-refractivity contribution is 7.81. The molecule has 0 bridgehead atoms. The van der Waals surface area contributed by atoms with Crippen LogP contribution in [0.3, 0.4) is 0 Å². The summed E-state index contributed by atoms with van der Waals surface area (Å²) < 4.78 is -0.362. The zero-order valence-electron chi connectivity index (χ0n) is 11.9. The topological polar surface area (TPSA) is 0 Å². The van der Waals surface area contributed by atoms with E-state index in [9.17, 15) is 0 Å². The summed E-state index contributed by atoms with van der Waals surface area (Å²) in [4.78, 5) is 0. The molecule has 0 nitrogen and oxygen atoms in total. The lowest BCUT2D eigenvalue weighted by Gasteiger charge is -2.27. The number of rotatable bonds is 1. The molecule has 3 aromatic rings. The fourth-order valence-corrected chi connectivity index (χ4v) is 3.92. The normalized spacial score (nSPS) is 14.6. The minimum absolute atomic E-state index is 0.362. The third kappa shape index (κ3) is 1.71. The van der Waals surface area contributed by atoms with Gasteiger partial charge in [-0.3, -0.25) is 0 Å². The smallest absolute Gasteiger partial charge is 0.0890 e. The Morgan fingerprint density at radius 1 is 0.714 bits per heavy atom. The predicted molar refractivity (Wildman–Crippen MR) is 91.9 cm³/mol. The van der Waals surface area contributed by atoms with Crippen molar-refractivity contribution < 1.29 is 0 Å². The van der Waals surface area contributed by atoms with Gasteiger partial charge in [0.05, 0.1) is 4.75 Å². The van der Waals surface area contributed by atoms with Crippen molar-refractivity contribution in [2.45, 2.75) is 11.7 Å². The van der Waals surface area contributed by atoms with E-state index in [1.165, 1.54) is 33.4 Å².